The first-order valence-corrected chi connectivity index (χ1v) is 7.23. The van der Waals surface area contributed by atoms with E-state index in [1.165, 1.54) is 0 Å². The highest BCUT2D eigenvalue weighted by Gasteiger charge is 2.15. The molecule has 1 aromatic rings. The predicted molar refractivity (Wildman–Crippen MR) is 85.0 cm³/mol. The molecule has 0 aliphatic rings. The van der Waals surface area contributed by atoms with Crippen LogP contribution in [0.2, 0.25) is 0 Å². The zero-order chi connectivity index (χ0) is 15.8. The maximum absolute atomic E-state index is 12.1. The Morgan fingerprint density at radius 1 is 1.43 bits per heavy atom. The third-order valence-electron chi connectivity index (χ3n) is 3.52. The van der Waals surface area contributed by atoms with Crippen molar-refractivity contribution in [1.29, 1.82) is 5.26 Å². The minimum atomic E-state index is -0.203. The number of anilines is 1. The molecule has 0 heterocycles. The van der Waals surface area contributed by atoms with E-state index in [0.29, 0.717) is 6.42 Å². The van der Waals surface area contributed by atoms with Crippen molar-refractivity contribution in [1.82, 2.24) is 10.2 Å². The lowest BCUT2D eigenvalue weighted by molar-refractivity contribution is 0.208. The summed E-state index contributed by atoms with van der Waals surface area (Å²) in [7, 11) is 1.70. The summed E-state index contributed by atoms with van der Waals surface area (Å²) in [6, 6.07) is 9.79. The first kappa shape index (κ1) is 17.0. The third-order valence-corrected chi connectivity index (χ3v) is 3.52. The molecule has 0 fully saturated rings. The van der Waals surface area contributed by atoms with Gasteiger partial charge in [0, 0.05) is 24.8 Å². The molecule has 2 atom stereocenters. The van der Waals surface area contributed by atoms with Crippen LogP contribution in [-0.4, -0.2) is 30.6 Å². The number of carbonyl (C=O) groups excluding carboxylic acids is 1. The number of rotatable bonds is 6. The fraction of sp³-hybridized carbons (Fsp3) is 0.500. The zero-order valence-corrected chi connectivity index (χ0v) is 13.2. The Morgan fingerprint density at radius 2 is 2.14 bits per heavy atom. The Hall–Kier alpha value is -2.06. The molecule has 1 aromatic carbocycles. The number of nitrogens with zero attached hydrogens (tertiary/aromatic N) is 2. The van der Waals surface area contributed by atoms with E-state index in [1.807, 2.05) is 31.2 Å². The summed E-state index contributed by atoms with van der Waals surface area (Å²) in [5, 5.41) is 14.9. The molecule has 21 heavy (non-hydrogen) atoms. The normalized spacial score (nSPS) is 13.1. The highest BCUT2D eigenvalue weighted by Crippen LogP contribution is 2.18. The smallest absolute Gasteiger partial charge is 0.321 e. The molecule has 0 saturated carbocycles. The molecule has 5 heteroatoms. The number of urea groups is 1. The molecule has 0 saturated heterocycles. The van der Waals surface area contributed by atoms with E-state index in [-0.39, 0.29) is 18.1 Å². The Kier molecular flexibility index (Phi) is 6.70. The molecule has 114 valence electrons. The van der Waals surface area contributed by atoms with E-state index in [9.17, 15) is 4.79 Å². The van der Waals surface area contributed by atoms with Crippen molar-refractivity contribution in [3.63, 3.8) is 0 Å². The average Bonchev–Trinajstić information content (AvgIpc) is 2.47. The summed E-state index contributed by atoms with van der Waals surface area (Å²) in [6.45, 7) is 6.90. The van der Waals surface area contributed by atoms with Gasteiger partial charge in [0.2, 0.25) is 0 Å². The zero-order valence-electron chi connectivity index (χ0n) is 13.2. The van der Waals surface area contributed by atoms with Gasteiger partial charge in [-0.15, -0.1) is 0 Å². The van der Waals surface area contributed by atoms with Crippen LogP contribution in [0.15, 0.2) is 24.3 Å². The number of amides is 2. The van der Waals surface area contributed by atoms with Crippen molar-refractivity contribution in [3.05, 3.63) is 29.8 Å². The molecule has 0 radical (unpaired) electrons. The topological polar surface area (TPSA) is 68.2 Å². The van der Waals surface area contributed by atoms with Crippen LogP contribution in [0, 0.1) is 11.3 Å². The second-order valence-corrected chi connectivity index (χ2v) is 5.16. The summed E-state index contributed by atoms with van der Waals surface area (Å²) in [5.74, 6) is 0. The van der Waals surface area contributed by atoms with E-state index < -0.39 is 0 Å². The standard InChI is InChI=1S/C16H24N4O/c1-5-18-13(3)14-7-6-8-15(11-14)19-16(21)20(4)12(2)9-10-17/h6-8,11-13,18H,5,9H2,1-4H3,(H,19,21). The van der Waals surface area contributed by atoms with Gasteiger partial charge in [0.15, 0.2) is 0 Å². The van der Waals surface area contributed by atoms with Gasteiger partial charge >= 0.3 is 6.03 Å². The molecular formula is C16H24N4O. The van der Waals surface area contributed by atoms with Gasteiger partial charge in [-0.05, 0) is 38.1 Å². The van der Waals surface area contributed by atoms with Gasteiger partial charge in [-0.25, -0.2) is 4.79 Å². The van der Waals surface area contributed by atoms with Crippen LogP contribution in [0.3, 0.4) is 0 Å². The van der Waals surface area contributed by atoms with Crippen LogP contribution in [0.1, 0.15) is 38.8 Å². The number of benzene rings is 1. The molecule has 1 rings (SSSR count). The number of hydrogen-bond acceptors (Lipinski definition) is 3. The van der Waals surface area contributed by atoms with Crippen molar-refractivity contribution in [2.45, 2.75) is 39.3 Å². The number of nitriles is 1. The molecule has 0 aliphatic carbocycles. The summed E-state index contributed by atoms with van der Waals surface area (Å²) >= 11 is 0. The van der Waals surface area contributed by atoms with Gasteiger partial charge in [0.25, 0.3) is 0 Å². The van der Waals surface area contributed by atoms with E-state index in [2.05, 4.69) is 30.6 Å². The molecule has 0 aromatic heterocycles. The van der Waals surface area contributed by atoms with E-state index in [1.54, 1.807) is 11.9 Å². The molecule has 5 nitrogen and oxygen atoms in total. The second-order valence-electron chi connectivity index (χ2n) is 5.16. The third kappa shape index (κ3) is 5.09. The van der Waals surface area contributed by atoms with Gasteiger partial charge in [0.1, 0.15) is 0 Å². The lowest BCUT2D eigenvalue weighted by Crippen LogP contribution is -2.38. The molecule has 2 N–H and O–H groups in total. The van der Waals surface area contributed by atoms with Crippen molar-refractivity contribution in [3.8, 4) is 6.07 Å². The van der Waals surface area contributed by atoms with Crippen molar-refractivity contribution in [2.75, 3.05) is 18.9 Å². The van der Waals surface area contributed by atoms with Crippen LogP contribution in [-0.2, 0) is 0 Å². The Morgan fingerprint density at radius 3 is 2.76 bits per heavy atom. The first-order valence-electron chi connectivity index (χ1n) is 7.23. The quantitative estimate of drug-likeness (QED) is 0.845. The van der Waals surface area contributed by atoms with Crippen LogP contribution >= 0.6 is 0 Å². The Bertz CT molecular complexity index is 509. The molecule has 2 unspecified atom stereocenters. The predicted octanol–water partition coefficient (Wildman–Crippen LogP) is 3.12. The number of nitrogens with one attached hydrogen (secondary N) is 2. The van der Waals surface area contributed by atoms with Crippen LogP contribution in [0.4, 0.5) is 10.5 Å². The lowest BCUT2D eigenvalue weighted by atomic mass is 10.1. The average molecular weight is 288 g/mol. The van der Waals surface area contributed by atoms with Crippen molar-refractivity contribution >= 4 is 11.7 Å². The van der Waals surface area contributed by atoms with E-state index >= 15 is 0 Å². The Balaban J connectivity index is 2.72. The minimum Gasteiger partial charge on any atom is -0.324 e. The van der Waals surface area contributed by atoms with Crippen LogP contribution < -0.4 is 10.6 Å². The van der Waals surface area contributed by atoms with Gasteiger partial charge in [-0.1, -0.05) is 19.1 Å². The largest absolute Gasteiger partial charge is 0.324 e. The summed E-state index contributed by atoms with van der Waals surface area (Å²) in [5.41, 5.74) is 1.89. The van der Waals surface area contributed by atoms with Gasteiger partial charge in [0.05, 0.1) is 12.5 Å². The molecule has 0 spiro atoms. The molecular weight excluding hydrogens is 264 g/mol. The SMILES string of the molecule is CCNC(C)c1cccc(NC(=O)N(C)C(C)CC#N)c1. The van der Waals surface area contributed by atoms with Crippen LogP contribution in [0.5, 0.6) is 0 Å². The first-order chi connectivity index (χ1) is 9.99. The monoisotopic (exact) mass is 288 g/mol. The van der Waals surface area contributed by atoms with Gasteiger partial charge in [-0.3, -0.25) is 0 Å². The van der Waals surface area contributed by atoms with Crippen LogP contribution in [0.25, 0.3) is 0 Å². The van der Waals surface area contributed by atoms with E-state index in [0.717, 1.165) is 17.8 Å². The summed E-state index contributed by atoms with van der Waals surface area (Å²) in [4.78, 5) is 13.7. The Labute approximate surface area is 126 Å². The minimum absolute atomic E-state index is 0.112. The fourth-order valence-corrected chi connectivity index (χ4v) is 1.99. The summed E-state index contributed by atoms with van der Waals surface area (Å²) in [6.07, 6.45) is 0.321. The van der Waals surface area contributed by atoms with Gasteiger partial charge in [-0.2, -0.15) is 5.26 Å². The van der Waals surface area contributed by atoms with Crippen molar-refractivity contribution < 1.29 is 4.79 Å². The number of hydrogen-bond donors (Lipinski definition) is 2. The number of carbonyl (C=O) groups is 1. The molecule has 2 amide bonds. The molecule has 0 aliphatic heterocycles. The molecule has 0 bridgehead atoms. The highest BCUT2D eigenvalue weighted by atomic mass is 16.2. The maximum atomic E-state index is 12.1. The maximum Gasteiger partial charge on any atom is 0.321 e. The summed E-state index contributed by atoms with van der Waals surface area (Å²) < 4.78 is 0. The van der Waals surface area contributed by atoms with E-state index in [4.69, 9.17) is 5.26 Å². The second kappa shape index (κ2) is 8.28. The van der Waals surface area contributed by atoms with Gasteiger partial charge < -0.3 is 15.5 Å². The lowest BCUT2D eigenvalue weighted by Gasteiger charge is -2.23. The van der Waals surface area contributed by atoms with Crippen molar-refractivity contribution in [2.24, 2.45) is 0 Å². The highest BCUT2D eigenvalue weighted by molar-refractivity contribution is 5.89. The fourth-order valence-electron chi connectivity index (χ4n) is 1.99.